The summed E-state index contributed by atoms with van der Waals surface area (Å²) >= 11 is 0. The lowest BCUT2D eigenvalue weighted by molar-refractivity contribution is 0.140. The maximum atomic E-state index is 10.4. The molecule has 2 N–H and O–H groups in total. The highest BCUT2D eigenvalue weighted by Crippen LogP contribution is 2.24. The number of hydrogen-bond donors (Lipinski definition) is 2. The molecule has 4 heteroatoms. The monoisotopic (exact) mass is 313 g/mol. The second-order valence-electron chi connectivity index (χ2n) is 7.13. The average Bonchev–Trinajstić information content (AvgIpc) is 3.03. The molecule has 2 heterocycles. The van der Waals surface area contributed by atoms with Crippen LogP contribution in [0.15, 0.2) is 18.2 Å². The van der Waals surface area contributed by atoms with Crippen LogP contribution in [-0.2, 0) is 13.0 Å². The molecule has 1 aliphatic heterocycles. The van der Waals surface area contributed by atoms with Crippen molar-refractivity contribution in [1.29, 1.82) is 0 Å². The predicted molar refractivity (Wildman–Crippen MR) is 92.5 cm³/mol. The van der Waals surface area contributed by atoms with Crippen molar-refractivity contribution in [2.75, 3.05) is 13.1 Å². The zero-order valence-corrected chi connectivity index (χ0v) is 14.6. The molecule has 1 saturated heterocycles. The summed E-state index contributed by atoms with van der Waals surface area (Å²) in [5.41, 5.74) is 7.53. The van der Waals surface area contributed by atoms with Crippen LogP contribution in [0.2, 0.25) is 0 Å². The first-order chi connectivity index (χ1) is 10.9. The minimum atomic E-state index is -0.265. The largest absolute Gasteiger partial charge is 0.391 e. The third-order valence-corrected chi connectivity index (χ3v) is 5.06. The summed E-state index contributed by atoms with van der Waals surface area (Å²) in [6.07, 6.45) is 0.576. The van der Waals surface area contributed by atoms with Crippen LogP contribution in [0.25, 0.3) is 0 Å². The number of β-amino-alcohol motifs (C(OH)–C–C–N with tert-alkyl or cyclic N) is 1. The Hall–Kier alpha value is -1.65. The van der Waals surface area contributed by atoms with Gasteiger partial charge in [0, 0.05) is 31.2 Å². The molecule has 3 rings (SSSR count). The minimum Gasteiger partial charge on any atom is -0.391 e. The first-order valence-corrected chi connectivity index (χ1v) is 8.40. The van der Waals surface area contributed by atoms with Gasteiger partial charge in [-0.3, -0.25) is 10.00 Å². The number of aromatic amines is 1. The molecular formula is C19H27N3O. The van der Waals surface area contributed by atoms with E-state index in [0.29, 0.717) is 0 Å². The number of H-pyrrole nitrogens is 1. The second kappa shape index (κ2) is 6.46. The minimum absolute atomic E-state index is 0.265. The third-order valence-electron chi connectivity index (χ3n) is 5.06. The molecule has 0 radical (unpaired) electrons. The van der Waals surface area contributed by atoms with Crippen LogP contribution in [0.5, 0.6) is 0 Å². The quantitative estimate of drug-likeness (QED) is 0.912. The molecule has 1 aromatic heterocycles. The zero-order chi connectivity index (χ0) is 16.6. The molecule has 0 aliphatic carbocycles. The summed E-state index contributed by atoms with van der Waals surface area (Å²) in [5.74, 6) is 0.268. The SMILES string of the molecule is Cc1cc(C[C@@H]2CN(Cc3cc(C)c(C)cc3C)C[C@H]2O)n[nH]1. The summed E-state index contributed by atoms with van der Waals surface area (Å²) in [6.45, 7) is 11.1. The van der Waals surface area contributed by atoms with E-state index in [1.807, 2.05) is 6.92 Å². The zero-order valence-electron chi connectivity index (χ0n) is 14.6. The van der Waals surface area contributed by atoms with E-state index in [4.69, 9.17) is 0 Å². The van der Waals surface area contributed by atoms with E-state index in [0.717, 1.165) is 37.4 Å². The predicted octanol–water partition coefficient (Wildman–Crippen LogP) is 2.68. The molecule has 0 spiro atoms. The van der Waals surface area contributed by atoms with Crippen LogP contribution >= 0.6 is 0 Å². The van der Waals surface area contributed by atoms with Gasteiger partial charge in [-0.2, -0.15) is 5.10 Å². The number of aliphatic hydroxyl groups is 1. The van der Waals surface area contributed by atoms with E-state index in [1.165, 1.54) is 22.3 Å². The fourth-order valence-corrected chi connectivity index (χ4v) is 3.55. The van der Waals surface area contributed by atoms with Gasteiger partial charge in [0.2, 0.25) is 0 Å². The number of nitrogens with zero attached hydrogens (tertiary/aromatic N) is 2. The van der Waals surface area contributed by atoms with Crippen LogP contribution in [0, 0.1) is 33.6 Å². The second-order valence-corrected chi connectivity index (χ2v) is 7.13. The number of nitrogens with one attached hydrogen (secondary N) is 1. The summed E-state index contributed by atoms with van der Waals surface area (Å²) in [5, 5.41) is 17.7. The van der Waals surface area contributed by atoms with E-state index < -0.39 is 0 Å². The van der Waals surface area contributed by atoms with Crippen LogP contribution in [-0.4, -0.2) is 39.4 Å². The van der Waals surface area contributed by atoms with Crippen molar-refractivity contribution in [3.63, 3.8) is 0 Å². The molecule has 124 valence electrons. The Bertz CT molecular complexity index is 692. The molecule has 0 unspecified atom stereocenters. The average molecular weight is 313 g/mol. The number of benzene rings is 1. The Morgan fingerprint density at radius 1 is 1.09 bits per heavy atom. The van der Waals surface area contributed by atoms with Crippen molar-refractivity contribution < 1.29 is 5.11 Å². The lowest BCUT2D eigenvalue weighted by atomic mass is 10.00. The van der Waals surface area contributed by atoms with Gasteiger partial charge >= 0.3 is 0 Å². The van der Waals surface area contributed by atoms with E-state index in [-0.39, 0.29) is 12.0 Å². The Morgan fingerprint density at radius 2 is 1.83 bits per heavy atom. The van der Waals surface area contributed by atoms with Crippen molar-refractivity contribution in [2.45, 2.75) is 46.8 Å². The smallest absolute Gasteiger partial charge is 0.0711 e. The van der Waals surface area contributed by atoms with Gasteiger partial charge in [0.1, 0.15) is 0 Å². The highest BCUT2D eigenvalue weighted by atomic mass is 16.3. The summed E-state index contributed by atoms with van der Waals surface area (Å²) in [6, 6.07) is 6.63. The van der Waals surface area contributed by atoms with Crippen LogP contribution in [0.3, 0.4) is 0 Å². The lowest BCUT2D eigenvalue weighted by Crippen LogP contribution is -2.22. The van der Waals surface area contributed by atoms with Crippen molar-refractivity contribution in [3.8, 4) is 0 Å². The molecule has 0 bridgehead atoms. The van der Waals surface area contributed by atoms with E-state index in [1.54, 1.807) is 0 Å². The molecule has 4 nitrogen and oxygen atoms in total. The summed E-state index contributed by atoms with van der Waals surface area (Å²) in [4.78, 5) is 2.37. The maximum Gasteiger partial charge on any atom is 0.0711 e. The van der Waals surface area contributed by atoms with Gasteiger partial charge < -0.3 is 5.11 Å². The first kappa shape index (κ1) is 16.2. The van der Waals surface area contributed by atoms with Crippen LogP contribution in [0.1, 0.15) is 33.6 Å². The Balaban J connectivity index is 1.65. The van der Waals surface area contributed by atoms with Gasteiger partial charge in [0.15, 0.2) is 0 Å². The third kappa shape index (κ3) is 3.65. The lowest BCUT2D eigenvalue weighted by Gasteiger charge is -2.18. The highest BCUT2D eigenvalue weighted by Gasteiger charge is 2.31. The molecule has 1 fully saturated rings. The standard InChI is InChI=1S/C19H27N3O/c1-12-5-14(3)16(6-13(12)2)9-22-10-17(19(23)11-22)8-18-7-15(4)20-21-18/h5-7,17,19,23H,8-11H2,1-4H3,(H,20,21)/t17-,19-/m1/s1. The van der Waals surface area contributed by atoms with Crippen molar-refractivity contribution in [2.24, 2.45) is 5.92 Å². The van der Waals surface area contributed by atoms with E-state index in [2.05, 4.69) is 54.1 Å². The van der Waals surface area contributed by atoms with Gasteiger partial charge in [0.05, 0.1) is 11.8 Å². The van der Waals surface area contributed by atoms with Crippen LogP contribution in [0.4, 0.5) is 0 Å². The number of aromatic nitrogens is 2. The molecule has 23 heavy (non-hydrogen) atoms. The van der Waals surface area contributed by atoms with Crippen molar-refractivity contribution >= 4 is 0 Å². The topological polar surface area (TPSA) is 52.1 Å². The molecule has 2 aromatic rings. The van der Waals surface area contributed by atoms with Gasteiger partial charge in [-0.05, 0) is 62.4 Å². The molecular weight excluding hydrogens is 286 g/mol. The fraction of sp³-hybridized carbons (Fsp3) is 0.526. The summed E-state index contributed by atoms with van der Waals surface area (Å²) in [7, 11) is 0. The normalized spacial score (nSPS) is 22.0. The first-order valence-electron chi connectivity index (χ1n) is 8.40. The number of aliphatic hydroxyl groups excluding tert-OH is 1. The Morgan fingerprint density at radius 3 is 2.52 bits per heavy atom. The number of likely N-dealkylation sites (tertiary alicyclic amines) is 1. The van der Waals surface area contributed by atoms with Crippen molar-refractivity contribution in [3.05, 3.63) is 51.8 Å². The fourth-order valence-electron chi connectivity index (χ4n) is 3.55. The molecule has 1 aliphatic rings. The van der Waals surface area contributed by atoms with Gasteiger partial charge in [0.25, 0.3) is 0 Å². The van der Waals surface area contributed by atoms with Crippen LogP contribution < -0.4 is 0 Å². The molecule has 2 atom stereocenters. The maximum absolute atomic E-state index is 10.4. The Labute approximate surface area is 138 Å². The van der Waals surface area contributed by atoms with Gasteiger partial charge in [-0.1, -0.05) is 12.1 Å². The van der Waals surface area contributed by atoms with Gasteiger partial charge in [-0.15, -0.1) is 0 Å². The van der Waals surface area contributed by atoms with E-state index >= 15 is 0 Å². The molecule has 0 saturated carbocycles. The molecule has 1 aromatic carbocycles. The molecule has 0 amide bonds. The van der Waals surface area contributed by atoms with Crippen molar-refractivity contribution in [1.82, 2.24) is 15.1 Å². The summed E-state index contributed by atoms with van der Waals surface area (Å²) < 4.78 is 0. The number of hydrogen-bond acceptors (Lipinski definition) is 3. The highest BCUT2D eigenvalue weighted by molar-refractivity contribution is 5.36. The van der Waals surface area contributed by atoms with E-state index in [9.17, 15) is 5.11 Å². The Kier molecular flexibility index (Phi) is 4.55. The number of rotatable bonds is 4. The number of aryl methyl sites for hydroxylation is 4. The van der Waals surface area contributed by atoms with Gasteiger partial charge in [-0.25, -0.2) is 0 Å².